The van der Waals surface area contributed by atoms with E-state index in [0.29, 0.717) is 6.54 Å². The topological polar surface area (TPSA) is 87.7 Å². The number of nitrogens with zero attached hydrogens (tertiary/aromatic N) is 1. The maximum atomic E-state index is 11.7. The van der Waals surface area contributed by atoms with E-state index in [1.54, 1.807) is 0 Å². The van der Waals surface area contributed by atoms with Gasteiger partial charge in [0.1, 0.15) is 5.92 Å². The lowest BCUT2D eigenvalue weighted by Crippen LogP contribution is -2.42. The third-order valence-electron chi connectivity index (χ3n) is 2.21. The van der Waals surface area contributed by atoms with Crippen molar-refractivity contribution in [2.24, 2.45) is 22.7 Å². The number of hydrogen-bond acceptors (Lipinski definition) is 3. The lowest BCUT2D eigenvalue weighted by Gasteiger charge is -2.18. The highest BCUT2D eigenvalue weighted by Gasteiger charge is 2.26. The molecule has 0 saturated heterocycles. The highest BCUT2D eigenvalue weighted by Crippen LogP contribution is 2.11. The molecule has 15 heavy (non-hydrogen) atoms. The molecule has 0 bridgehead atoms. The fourth-order valence-corrected chi connectivity index (χ4v) is 1.34. The maximum absolute atomic E-state index is 11.7. The Kier molecular flexibility index (Phi) is 6.49. The Balaban J connectivity index is 4.31. The first-order chi connectivity index (χ1) is 7.04. The van der Waals surface area contributed by atoms with E-state index in [-0.39, 0.29) is 17.7 Å². The first-order valence-corrected chi connectivity index (χ1v) is 5.29. The minimum atomic E-state index is -0.549. The second-order valence-electron chi connectivity index (χ2n) is 3.89. The van der Waals surface area contributed by atoms with Gasteiger partial charge < -0.3 is 16.3 Å². The molecule has 0 fully saturated rings. The second-order valence-corrected chi connectivity index (χ2v) is 3.89. The third kappa shape index (κ3) is 4.67. The van der Waals surface area contributed by atoms with Crippen LogP contribution in [0.5, 0.6) is 0 Å². The molecular formula is C10H21N3O2. The Labute approximate surface area is 90.7 Å². The van der Waals surface area contributed by atoms with E-state index in [1.165, 1.54) is 0 Å². The van der Waals surface area contributed by atoms with Gasteiger partial charge >= 0.3 is 0 Å². The summed E-state index contributed by atoms with van der Waals surface area (Å²) in [4.78, 5) is 11.7. The zero-order chi connectivity index (χ0) is 11.8. The summed E-state index contributed by atoms with van der Waals surface area (Å²) >= 11 is 0. The number of amidine groups is 1. The van der Waals surface area contributed by atoms with E-state index < -0.39 is 5.92 Å². The first-order valence-electron chi connectivity index (χ1n) is 5.29. The number of hydrogen-bond donors (Lipinski definition) is 3. The molecule has 0 aromatic rings. The summed E-state index contributed by atoms with van der Waals surface area (Å²) in [5, 5.41) is 14.2. The van der Waals surface area contributed by atoms with Crippen molar-refractivity contribution in [3.05, 3.63) is 0 Å². The van der Waals surface area contributed by atoms with Gasteiger partial charge in [-0.2, -0.15) is 0 Å². The van der Waals surface area contributed by atoms with Crippen LogP contribution in [0.2, 0.25) is 0 Å². The van der Waals surface area contributed by atoms with Gasteiger partial charge in [-0.05, 0) is 12.3 Å². The van der Waals surface area contributed by atoms with Gasteiger partial charge in [0.05, 0.1) is 0 Å². The average Bonchev–Trinajstić information content (AvgIpc) is 2.17. The van der Waals surface area contributed by atoms with E-state index in [0.717, 1.165) is 12.8 Å². The van der Waals surface area contributed by atoms with Gasteiger partial charge in [-0.1, -0.05) is 32.3 Å². The molecule has 0 aromatic heterocycles. The molecule has 5 nitrogen and oxygen atoms in total. The summed E-state index contributed by atoms with van der Waals surface area (Å²) in [5.41, 5.74) is 5.46. The minimum Gasteiger partial charge on any atom is -0.409 e. The lowest BCUT2D eigenvalue weighted by atomic mass is 9.94. The minimum absolute atomic E-state index is 0.0162. The van der Waals surface area contributed by atoms with Gasteiger partial charge in [0.15, 0.2) is 5.84 Å². The number of carbonyl (C=O) groups excluding carboxylic acids is 1. The zero-order valence-corrected chi connectivity index (χ0v) is 9.66. The quantitative estimate of drug-likeness (QED) is 0.202. The SMILES string of the molecule is CCCCNC(=O)C(C(N)=NO)C(C)C. The van der Waals surface area contributed by atoms with Gasteiger partial charge in [-0.15, -0.1) is 0 Å². The van der Waals surface area contributed by atoms with Crippen molar-refractivity contribution in [2.45, 2.75) is 33.6 Å². The average molecular weight is 215 g/mol. The van der Waals surface area contributed by atoms with Crippen LogP contribution in [-0.4, -0.2) is 23.5 Å². The zero-order valence-electron chi connectivity index (χ0n) is 9.66. The number of nitrogens with two attached hydrogens (primary N) is 1. The van der Waals surface area contributed by atoms with Crippen LogP contribution in [0.25, 0.3) is 0 Å². The summed E-state index contributed by atoms with van der Waals surface area (Å²) in [5.74, 6) is -0.734. The van der Waals surface area contributed by atoms with Crippen LogP contribution in [0, 0.1) is 11.8 Å². The molecule has 0 aliphatic heterocycles. The van der Waals surface area contributed by atoms with Crippen LogP contribution in [0.15, 0.2) is 5.16 Å². The molecule has 5 heteroatoms. The van der Waals surface area contributed by atoms with Gasteiger partial charge in [0.25, 0.3) is 0 Å². The highest BCUT2D eigenvalue weighted by atomic mass is 16.4. The number of unbranched alkanes of at least 4 members (excludes halogenated alkanes) is 1. The molecule has 0 aliphatic carbocycles. The summed E-state index contributed by atoms with van der Waals surface area (Å²) in [6, 6.07) is 0. The van der Waals surface area contributed by atoms with Crippen molar-refractivity contribution in [1.29, 1.82) is 0 Å². The van der Waals surface area contributed by atoms with E-state index in [1.807, 2.05) is 13.8 Å². The van der Waals surface area contributed by atoms with Gasteiger partial charge in [0, 0.05) is 6.54 Å². The smallest absolute Gasteiger partial charge is 0.231 e. The molecule has 4 N–H and O–H groups in total. The van der Waals surface area contributed by atoms with Crippen molar-refractivity contribution in [3.63, 3.8) is 0 Å². The molecule has 1 unspecified atom stereocenters. The van der Waals surface area contributed by atoms with Crippen LogP contribution >= 0.6 is 0 Å². The molecule has 88 valence electrons. The second kappa shape index (κ2) is 7.09. The number of rotatable bonds is 6. The van der Waals surface area contributed by atoms with Crippen LogP contribution in [0.3, 0.4) is 0 Å². The fraction of sp³-hybridized carbons (Fsp3) is 0.800. The van der Waals surface area contributed by atoms with E-state index in [4.69, 9.17) is 10.9 Å². The largest absolute Gasteiger partial charge is 0.409 e. The summed E-state index contributed by atoms with van der Waals surface area (Å²) in [7, 11) is 0. The molecule has 1 amide bonds. The number of amides is 1. The number of carbonyl (C=O) groups is 1. The molecule has 0 aliphatic rings. The van der Waals surface area contributed by atoms with Crippen molar-refractivity contribution in [3.8, 4) is 0 Å². The van der Waals surface area contributed by atoms with Crippen LogP contribution in [0.1, 0.15) is 33.6 Å². The van der Waals surface area contributed by atoms with Crippen molar-refractivity contribution in [1.82, 2.24) is 5.32 Å². The molecule has 0 heterocycles. The van der Waals surface area contributed by atoms with Crippen LogP contribution in [0.4, 0.5) is 0 Å². The molecule has 1 atom stereocenters. The van der Waals surface area contributed by atoms with Gasteiger partial charge in [-0.3, -0.25) is 4.79 Å². The predicted octanol–water partition coefficient (Wildman–Crippen LogP) is 0.921. The van der Waals surface area contributed by atoms with E-state index in [2.05, 4.69) is 17.4 Å². The molecule has 0 radical (unpaired) electrons. The predicted molar refractivity (Wildman–Crippen MR) is 59.7 cm³/mol. The van der Waals surface area contributed by atoms with Gasteiger partial charge in [-0.25, -0.2) is 0 Å². The van der Waals surface area contributed by atoms with Crippen molar-refractivity contribution in [2.75, 3.05) is 6.54 Å². The Bertz CT molecular complexity index is 227. The third-order valence-corrected chi connectivity index (χ3v) is 2.21. The Hall–Kier alpha value is -1.26. The molecular weight excluding hydrogens is 194 g/mol. The summed E-state index contributed by atoms with van der Waals surface area (Å²) in [6.45, 7) is 6.41. The molecule has 0 saturated carbocycles. The summed E-state index contributed by atoms with van der Waals surface area (Å²) in [6.07, 6.45) is 1.96. The molecule has 0 aromatic carbocycles. The van der Waals surface area contributed by atoms with E-state index >= 15 is 0 Å². The molecule has 0 rings (SSSR count). The lowest BCUT2D eigenvalue weighted by molar-refractivity contribution is -0.124. The fourth-order valence-electron chi connectivity index (χ4n) is 1.34. The Morgan fingerprint density at radius 1 is 1.53 bits per heavy atom. The Morgan fingerprint density at radius 2 is 2.13 bits per heavy atom. The number of nitrogens with one attached hydrogen (secondary N) is 1. The maximum Gasteiger partial charge on any atom is 0.231 e. The Morgan fingerprint density at radius 3 is 2.53 bits per heavy atom. The van der Waals surface area contributed by atoms with Crippen LogP contribution < -0.4 is 11.1 Å². The normalized spacial score (nSPS) is 14.0. The highest BCUT2D eigenvalue weighted by molar-refractivity contribution is 6.02. The number of oxime groups is 1. The van der Waals surface area contributed by atoms with E-state index in [9.17, 15) is 4.79 Å². The molecule has 0 spiro atoms. The van der Waals surface area contributed by atoms with Crippen molar-refractivity contribution < 1.29 is 10.0 Å². The van der Waals surface area contributed by atoms with Crippen molar-refractivity contribution >= 4 is 11.7 Å². The first kappa shape index (κ1) is 13.7. The monoisotopic (exact) mass is 215 g/mol. The van der Waals surface area contributed by atoms with Gasteiger partial charge in [0.2, 0.25) is 5.91 Å². The standard InChI is InChI=1S/C10H21N3O2/c1-4-5-6-12-10(14)8(7(2)3)9(11)13-15/h7-8,15H,4-6H2,1-3H3,(H2,11,13)(H,12,14). The van der Waals surface area contributed by atoms with Crippen LogP contribution in [-0.2, 0) is 4.79 Å². The summed E-state index contributed by atoms with van der Waals surface area (Å²) < 4.78 is 0.